The van der Waals surface area contributed by atoms with E-state index in [1.807, 2.05) is 31.2 Å². The highest BCUT2D eigenvalue weighted by Crippen LogP contribution is 2.19. The van der Waals surface area contributed by atoms with Crippen molar-refractivity contribution >= 4 is 5.91 Å². The molecule has 1 rings (SSSR count). The third kappa shape index (κ3) is 4.37. The van der Waals surface area contributed by atoms with Crippen LogP contribution in [-0.4, -0.2) is 19.1 Å². The number of carbonyl (C=O) groups is 1. The zero-order chi connectivity index (χ0) is 13.4. The van der Waals surface area contributed by atoms with Crippen molar-refractivity contribution in [1.29, 1.82) is 0 Å². The van der Waals surface area contributed by atoms with Crippen molar-refractivity contribution in [2.45, 2.75) is 32.7 Å². The van der Waals surface area contributed by atoms with Crippen molar-refractivity contribution in [2.24, 2.45) is 5.73 Å². The highest BCUT2D eigenvalue weighted by molar-refractivity contribution is 5.81. The maximum Gasteiger partial charge on any atom is 0.239 e. The van der Waals surface area contributed by atoms with Crippen LogP contribution in [0.1, 0.15) is 38.3 Å². The molecule has 100 valence electrons. The first-order chi connectivity index (χ1) is 8.69. The van der Waals surface area contributed by atoms with Crippen molar-refractivity contribution in [1.82, 2.24) is 5.32 Å². The topological polar surface area (TPSA) is 64.3 Å². The van der Waals surface area contributed by atoms with Gasteiger partial charge in [0.05, 0.1) is 6.61 Å². The molecule has 1 unspecified atom stereocenters. The van der Waals surface area contributed by atoms with Crippen LogP contribution in [0.4, 0.5) is 0 Å². The molecule has 0 aliphatic heterocycles. The number of primary amides is 1. The summed E-state index contributed by atoms with van der Waals surface area (Å²) in [5, 5.41) is 3.14. The zero-order valence-electron chi connectivity index (χ0n) is 11.1. The molecule has 4 heteroatoms. The first kappa shape index (κ1) is 14.5. The van der Waals surface area contributed by atoms with Crippen molar-refractivity contribution in [3.05, 3.63) is 29.8 Å². The first-order valence-electron chi connectivity index (χ1n) is 6.44. The standard InChI is InChI=1S/C14H22N2O2/c1-3-8-16-13(14(15)17)11-6-5-7-12(10-11)18-9-4-2/h5-7,10,13,16H,3-4,8-9H2,1-2H3,(H2,15,17). The van der Waals surface area contributed by atoms with Gasteiger partial charge in [-0.1, -0.05) is 26.0 Å². The van der Waals surface area contributed by atoms with E-state index in [9.17, 15) is 4.79 Å². The Balaban J connectivity index is 2.80. The molecule has 0 saturated carbocycles. The molecule has 1 aromatic carbocycles. The fourth-order valence-electron chi connectivity index (χ4n) is 1.68. The Bertz CT molecular complexity index is 380. The third-order valence-corrected chi connectivity index (χ3v) is 2.55. The number of hydrogen-bond acceptors (Lipinski definition) is 3. The van der Waals surface area contributed by atoms with Gasteiger partial charge in [-0.2, -0.15) is 0 Å². The van der Waals surface area contributed by atoms with Crippen LogP contribution in [0.5, 0.6) is 5.75 Å². The summed E-state index contributed by atoms with van der Waals surface area (Å²) >= 11 is 0. The second kappa shape index (κ2) is 7.71. The maximum absolute atomic E-state index is 11.5. The molecule has 0 heterocycles. The van der Waals surface area contributed by atoms with E-state index < -0.39 is 6.04 Å². The molecule has 18 heavy (non-hydrogen) atoms. The van der Waals surface area contributed by atoms with E-state index in [0.29, 0.717) is 6.61 Å². The summed E-state index contributed by atoms with van der Waals surface area (Å²) < 4.78 is 5.55. The summed E-state index contributed by atoms with van der Waals surface area (Å²) in [7, 11) is 0. The second-order valence-corrected chi connectivity index (χ2v) is 4.21. The summed E-state index contributed by atoms with van der Waals surface area (Å²) in [5.74, 6) is 0.412. The zero-order valence-corrected chi connectivity index (χ0v) is 11.1. The molecule has 1 aromatic rings. The molecular formula is C14H22N2O2. The van der Waals surface area contributed by atoms with Gasteiger partial charge in [0.25, 0.3) is 0 Å². The lowest BCUT2D eigenvalue weighted by atomic mass is 10.1. The van der Waals surface area contributed by atoms with Crippen LogP contribution in [-0.2, 0) is 4.79 Å². The average Bonchev–Trinajstić information content (AvgIpc) is 2.37. The predicted octanol–water partition coefficient (Wildman–Crippen LogP) is 2.00. The number of benzene rings is 1. The van der Waals surface area contributed by atoms with Crippen LogP contribution in [0.25, 0.3) is 0 Å². The Hall–Kier alpha value is -1.55. The van der Waals surface area contributed by atoms with Gasteiger partial charge in [0.15, 0.2) is 0 Å². The molecule has 0 aliphatic rings. The van der Waals surface area contributed by atoms with Crippen molar-refractivity contribution in [3.63, 3.8) is 0 Å². The summed E-state index contributed by atoms with van der Waals surface area (Å²) in [5.41, 5.74) is 6.27. The van der Waals surface area contributed by atoms with E-state index in [-0.39, 0.29) is 5.91 Å². The number of nitrogens with one attached hydrogen (secondary N) is 1. The lowest BCUT2D eigenvalue weighted by Gasteiger charge is -2.16. The van der Waals surface area contributed by atoms with E-state index in [1.165, 1.54) is 0 Å². The van der Waals surface area contributed by atoms with E-state index >= 15 is 0 Å². The average molecular weight is 250 g/mol. The highest BCUT2D eigenvalue weighted by Gasteiger charge is 2.16. The first-order valence-corrected chi connectivity index (χ1v) is 6.44. The van der Waals surface area contributed by atoms with Gasteiger partial charge in [0.2, 0.25) is 5.91 Å². The minimum Gasteiger partial charge on any atom is -0.494 e. The molecule has 1 atom stereocenters. The lowest BCUT2D eigenvalue weighted by Crippen LogP contribution is -2.34. The van der Waals surface area contributed by atoms with E-state index in [4.69, 9.17) is 10.5 Å². The van der Waals surface area contributed by atoms with Gasteiger partial charge in [-0.3, -0.25) is 4.79 Å². The number of carbonyl (C=O) groups excluding carboxylic acids is 1. The molecule has 0 aliphatic carbocycles. The number of rotatable bonds is 8. The highest BCUT2D eigenvalue weighted by atomic mass is 16.5. The number of hydrogen-bond donors (Lipinski definition) is 2. The normalized spacial score (nSPS) is 12.1. The Morgan fingerprint density at radius 1 is 1.39 bits per heavy atom. The summed E-state index contributed by atoms with van der Waals surface area (Å²) in [6.45, 7) is 5.53. The lowest BCUT2D eigenvalue weighted by molar-refractivity contribution is -0.120. The quantitative estimate of drug-likeness (QED) is 0.741. The fourth-order valence-corrected chi connectivity index (χ4v) is 1.68. The maximum atomic E-state index is 11.5. The molecule has 0 aromatic heterocycles. The van der Waals surface area contributed by atoms with Crippen molar-refractivity contribution in [3.8, 4) is 5.75 Å². The minimum atomic E-state index is -0.449. The van der Waals surface area contributed by atoms with Gasteiger partial charge in [0.1, 0.15) is 11.8 Å². The van der Waals surface area contributed by atoms with Gasteiger partial charge < -0.3 is 15.8 Å². The predicted molar refractivity (Wildman–Crippen MR) is 72.5 cm³/mol. The van der Waals surface area contributed by atoms with Crippen LogP contribution in [0.15, 0.2) is 24.3 Å². The third-order valence-electron chi connectivity index (χ3n) is 2.55. The Labute approximate surface area is 109 Å². The Kier molecular flexibility index (Phi) is 6.22. The van der Waals surface area contributed by atoms with Gasteiger partial charge >= 0.3 is 0 Å². The molecule has 0 bridgehead atoms. The van der Waals surface area contributed by atoms with Gasteiger partial charge in [0, 0.05) is 0 Å². The van der Waals surface area contributed by atoms with Crippen molar-refractivity contribution < 1.29 is 9.53 Å². The molecule has 0 fully saturated rings. The van der Waals surface area contributed by atoms with Crippen LogP contribution in [0.2, 0.25) is 0 Å². The number of amides is 1. The second-order valence-electron chi connectivity index (χ2n) is 4.21. The molecule has 3 N–H and O–H groups in total. The Morgan fingerprint density at radius 3 is 2.78 bits per heavy atom. The van der Waals surface area contributed by atoms with E-state index in [0.717, 1.165) is 30.7 Å². The summed E-state index contributed by atoms with van der Waals surface area (Å²) in [6.07, 6.45) is 1.91. The van der Waals surface area contributed by atoms with Crippen LogP contribution in [0, 0.1) is 0 Å². The molecular weight excluding hydrogens is 228 g/mol. The summed E-state index contributed by atoms with van der Waals surface area (Å²) in [6, 6.07) is 7.07. The van der Waals surface area contributed by atoms with Crippen LogP contribution >= 0.6 is 0 Å². The molecule has 0 saturated heterocycles. The van der Waals surface area contributed by atoms with Gasteiger partial charge in [-0.15, -0.1) is 0 Å². The SMILES string of the molecule is CCCNC(C(N)=O)c1cccc(OCCC)c1. The molecule has 0 spiro atoms. The number of nitrogens with two attached hydrogens (primary N) is 1. The fraction of sp³-hybridized carbons (Fsp3) is 0.500. The molecule has 0 radical (unpaired) electrons. The minimum absolute atomic E-state index is 0.365. The molecule has 4 nitrogen and oxygen atoms in total. The van der Waals surface area contributed by atoms with Crippen LogP contribution in [0.3, 0.4) is 0 Å². The van der Waals surface area contributed by atoms with E-state index in [2.05, 4.69) is 12.2 Å². The van der Waals surface area contributed by atoms with Gasteiger partial charge in [-0.05, 0) is 37.1 Å². The Morgan fingerprint density at radius 2 is 2.17 bits per heavy atom. The number of ether oxygens (including phenoxy) is 1. The summed E-state index contributed by atoms with van der Waals surface area (Å²) in [4.78, 5) is 11.5. The monoisotopic (exact) mass is 250 g/mol. The smallest absolute Gasteiger partial charge is 0.239 e. The van der Waals surface area contributed by atoms with E-state index in [1.54, 1.807) is 0 Å². The van der Waals surface area contributed by atoms with Crippen molar-refractivity contribution in [2.75, 3.05) is 13.2 Å². The molecule has 1 amide bonds. The largest absolute Gasteiger partial charge is 0.494 e. The van der Waals surface area contributed by atoms with Crippen LogP contribution < -0.4 is 15.8 Å². The van der Waals surface area contributed by atoms with Gasteiger partial charge in [-0.25, -0.2) is 0 Å².